The van der Waals surface area contributed by atoms with Gasteiger partial charge in [0.1, 0.15) is 4.90 Å². The summed E-state index contributed by atoms with van der Waals surface area (Å²) in [6, 6.07) is 6.15. The smallest absolute Gasteiger partial charge is 0.265 e. The number of hydrogen-bond donors (Lipinski definition) is 2. The topological polar surface area (TPSA) is 107 Å². The third-order valence-corrected chi connectivity index (χ3v) is 3.91. The number of aromatic nitrogens is 2. The highest BCUT2D eigenvalue weighted by Gasteiger charge is 2.20. The lowest BCUT2D eigenvalue weighted by atomic mass is 10.3. The molecule has 1 aromatic carbocycles. The molecule has 2 aromatic rings. The first kappa shape index (κ1) is 14.1. The minimum Gasteiger partial charge on any atom is -0.478 e. The number of ether oxygens (including phenoxy) is 1. The molecule has 1 heterocycles. The van der Waals surface area contributed by atoms with Gasteiger partial charge in [-0.3, -0.25) is 4.72 Å². The summed E-state index contributed by atoms with van der Waals surface area (Å²) in [5, 5.41) is 0. The lowest BCUT2D eigenvalue weighted by Gasteiger charge is -2.11. The normalized spacial score (nSPS) is 11.1. The molecule has 1 aromatic heterocycles. The van der Waals surface area contributed by atoms with Crippen LogP contribution in [0.3, 0.4) is 0 Å². The molecule has 8 heteroatoms. The van der Waals surface area contributed by atoms with Gasteiger partial charge in [-0.05, 0) is 19.1 Å². The van der Waals surface area contributed by atoms with Crippen LogP contribution in [0.25, 0.3) is 0 Å². The van der Waals surface area contributed by atoms with Gasteiger partial charge in [0, 0.05) is 0 Å². The summed E-state index contributed by atoms with van der Waals surface area (Å²) in [5.74, 6) is 0.115. The summed E-state index contributed by atoms with van der Waals surface area (Å²) >= 11 is 0. The van der Waals surface area contributed by atoms with Crippen molar-refractivity contribution in [1.29, 1.82) is 0 Å². The van der Waals surface area contributed by atoms with E-state index in [1.165, 1.54) is 25.4 Å². The van der Waals surface area contributed by atoms with Crippen LogP contribution in [0.5, 0.6) is 5.88 Å². The van der Waals surface area contributed by atoms with Crippen LogP contribution in [-0.4, -0.2) is 25.5 Å². The van der Waals surface area contributed by atoms with Crippen LogP contribution in [0, 0.1) is 6.92 Å². The van der Waals surface area contributed by atoms with E-state index in [0.29, 0.717) is 5.69 Å². The van der Waals surface area contributed by atoms with E-state index in [-0.39, 0.29) is 22.3 Å². The van der Waals surface area contributed by atoms with Crippen LogP contribution < -0.4 is 15.2 Å². The Bertz CT molecular complexity index is 731. The monoisotopic (exact) mass is 294 g/mol. The number of sulfonamides is 1. The summed E-state index contributed by atoms with van der Waals surface area (Å²) in [4.78, 5) is 8.00. The van der Waals surface area contributed by atoms with E-state index in [1.807, 2.05) is 0 Å². The first-order valence-corrected chi connectivity index (χ1v) is 7.17. The Morgan fingerprint density at radius 3 is 2.65 bits per heavy atom. The van der Waals surface area contributed by atoms with E-state index in [2.05, 4.69) is 14.7 Å². The molecule has 3 N–H and O–H groups in total. The maximum atomic E-state index is 12.3. The van der Waals surface area contributed by atoms with Crippen molar-refractivity contribution in [3.8, 4) is 5.88 Å². The first-order valence-electron chi connectivity index (χ1n) is 5.69. The SMILES string of the molecule is COc1nc(C)cnc1NS(=O)(=O)c1ccccc1N. The predicted molar refractivity (Wildman–Crippen MR) is 75.0 cm³/mol. The number of para-hydroxylation sites is 1. The second-order valence-electron chi connectivity index (χ2n) is 4.01. The van der Waals surface area contributed by atoms with Gasteiger partial charge in [-0.25, -0.2) is 18.4 Å². The van der Waals surface area contributed by atoms with Crippen molar-refractivity contribution >= 4 is 21.5 Å². The molecular weight excluding hydrogens is 280 g/mol. The molecule has 0 bridgehead atoms. The van der Waals surface area contributed by atoms with Gasteiger partial charge in [-0.1, -0.05) is 12.1 Å². The Morgan fingerprint density at radius 1 is 1.30 bits per heavy atom. The Labute approximate surface area is 116 Å². The molecule has 0 aliphatic carbocycles. The van der Waals surface area contributed by atoms with Crippen molar-refractivity contribution in [3.63, 3.8) is 0 Å². The van der Waals surface area contributed by atoms with E-state index in [1.54, 1.807) is 19.1 Å². The Morgan fingerprint density at radius 2 is 2.00 bits per heavy atom. The van der Waals surface area contributed by atoms with Crippen LogP contribution in [0.15, 0.2) is 35.4 Å². The van der Waals surface area contributed by atoms with Gasteiger partial charge in [0.25, 0.3) is 15.9 Å². The van der Waals surface area contributed by atoms with E-state index in [9.17, 15) is 8.42 Å². The number of anilines is 2. The van der Waals surface area contributed by atoms with Crippen LogP contribution >= 0.6 is 0 Å². The second-order valence-corrected chi connectivity index (χ2v) is 5.66. The van der Waals surface area contributed by atoms with Gasteiger partial charge in [0.15, 0.2) is 0 Å². The number of aryl methyl sites for hydroxylation is 1. The zero-order chi connectivity index (χ0) is 14.8. The van der Waals surface area contributed by atoms with Crippen molar-refractivity contribution in [3.05, 3.63) is 36.2 Å². The minimum atomic E-state index is -3.85. The van der Waals surface area contributed by atoms with Crippen LogP contribution in [0.1, 0.15) is 5.69 Å². The number of rotatable bonds is 4. The van der Waals surface area contributed by atoms with E-state index in [0.717, 1.165) is 0 Å². The molecule has 0 fully saturated rings. The molecule has 2 rings (SSSR count). The van der Waals surface area contributed by atoms with Crippen LogP contribution in [0.4, 0.5) is 11.5 Å². The number of benzene rings is 1. The summed E-state index contributed by atoms with van der Waals surface area (Å²) in [7, 11) is -2.46. The van der Waals surface area contributed by atoms with Crippen LogP contribution in [-0.2, 0) is 10.0 Å². The summed E-state index contributed by atoms with van der Waals surface area (Å²) in [5.41, 5.74) is 6.44. The Balaban J connectivity index is 2.41. The summed E-state index contributed by atoms with van der Waals surface area (Å²) in [6.45, 7) is 1.73. The second kappa shape index (κ2) is 5.33. The minimum absolute atomic E-state index is 0.0151. The Kier molecular flexibility index (Phi) is 3.75. The number of nitrogen functional groups attached to an aromatic ring is 1. The fraction of sp³-hybridized carbons (Fsp3) is 0.167. The standard InChI is InChI=1S/C12H14N4O3S/c1-8-7-14-11(12(15-8)19-2)16-20(17,18)10-6-4-3-5-9(10)13/h3-7H,13H2,1-2H3,(H,14,16). The number of methoxy groups -OCH3 is 1. The maximum absolute atomic E-state index is 12.3. The van der Waals surface area contributed by atoms with Gasteiger partial charge in [0.05, 0.1) is 24.7 Å². The third kappa shape index (κ3) is 2.80. The first-order chi connectivity index (χ1) is 9.44. The highest BCUT2D eigenvalue weighted by Crippen LogP contribution is 2.24. The number of nitrogens with two attached hydrogens (primary N) is 1. The molecule has 7 nitrogen and oxygen atoms in total. The lowest BCUT2D eigenvalue weighted by Crippen LogP contribution is -2.16. The van der Waals surface area contributed by atoms with Gasteiger partial charge >= 0.3 is 0 Å². The molecule has 0 aliphatic heterocycles. The molecular formula is C12H14N4O3S. The molecule has 0 unspecified atom stereocenters. The predicted octanol–water partition coefficient (Wildman–Crippen LogP) is 1.18. The molecule has 0 atom stereocenters. The van der Waals surface area contributed by atoms with Crippen molar-refractivity contribution in [2.75, 3.05) is 17.6 Å². The van der Waals surface area contributed by atoms with E-state index < -0.39 is 10.0 Å². The molecule has 0 aliphatic rings. The molecule has 106 valence electrons. The zero-order valence-corrected chi connectivity index (χ0v) is 11.8. The Hall–Kier alpha value is -2.35. The van der Waals surface area contributed by atoms with E-state index >= 15 is 0 Å². The average Bonchev–Trinajstić information content (AvgIpc) is 2.41. The van der Waals surface area contributed by atoms with Gasteiger partial charge in [0.2, 0.25) is 5.82 Å². The number of hydrogen-bond acceptors (Lipinski definition) is 6. The third-order valence-electron chi connectivity index (χ3n) is 2.49. The van der Waals surface area contributed by atoms with Gasteiger partial charge < -0.3 is 10.5 Å². The fourth-order valence-corrected chi connectivity index (χ4v) is 2.72. The summed E-state index contributed by atoms with van der Waals surface area (Å²) in [6.07, 6.45) is 1.44. The quantitative estimate of drug-likeness (QED) is 0.820. The summed E-state index contributed by atoms with van der Waals surface area (Å²) < 4.78 is 31.8. The van der Waals surface area contributed by atoms with Crippen molar-refractivity contribution in [2.45, 2.75) is 11.8 Å². The van der Waals surface area contributed by atoms with Crippen molar-refractivity contribution in [2.24, 2.45) is 0 Å². The average molecular weight is 294 g/mol. The molecule has 0 saturated heterocycles. The largest absolute Gasteiger partial charge is 0.478 e. The van der Waals surface area contributed by atoms with Crippen molar-refractivity contribution < 1.29 is 13.2 Å². The number of nitrogens with one attached hydrogen (secondary N) is 1. The van der Waals surface area contributed by atoms with Gasteiger partial charge in [-0.15, -0.1) is 0 Å². The highest BCUT2D eigenvalue weighted by molar-refractivity contribution is 7.92. The molecule has 0 spiro atoms. The molecule has 0 saturated carbocycles. The zero-order valence-electron chi connectivity index (χ0n) is 11.0. The van der Waals surface area contributed by atoms with Gasteiger partial charge in [-0.2, -0.15) is 0 Å². The fourth-order valence-electron chi connectivity index (χ4n) is 1.58. The highest BCUT2D eigenvalue weighted by atomic mass is 32.2. The molecule has 0 amide bonds. The molecule has 0 radical (unpaired) electrons. The maximum Gasteiger partial charge on any atom is 0.265 e. The lowest BCUT2D eigenvalue weighted by molar-refractivity contribution is 0.397. The van der Waals surface area contributed by atoms with Crippen LogP contribution in [0.2, 0.25) is 0 Å². The van der Waals surface area contributed by atoms with Crippen molar-refractivity contribution in [1.82, 2.24) is 9.97 Å². The number of nitrogens with zero attached hydrogens (tertiary/aromatic N) is 2. The molecule has 20 heavy (non-hydrogen) atoms. The van der Waals surface area contributed by atoms with E-state index in [4.69, 9.17) is 10.5 Å².